The summed E-state index contributed by atoms with van der Waals surface area (Å²) in [5.74, 6) is 5.31. The van der Waals surface area contributed by atoms with E-state index in [-0.39, 0.29) is 0 Å². The van der Waals surface area contributed by atoms with Gasteiger partial charge in [-0.2, -0.15) is 0 Å². The zero-order chi connectivity index (χ0) is 16.2. The van der Waals surface area contributed by atoms with Crippen LogP contribution in [0.3, 0.4) is 0 Å². The first-order valence-corrected chi connectivity index (χ1v) is 10.2. The molecule has 3 fully saturated rings. The second-order valence-corrected chi connectivity index (χ2v) is 9.40. The smallest absolute Gasteiger partial charge is 0.133 e. The summed E-state index contributed by atoms with van der Waals surface area (Å²) in [6.45, 7) is 6.67. The average molecular weight is 315 g/mol. The summed E-state index contributed by atoms with van der Waals surface area (Å²) in [6, 6.07) is 0. The van der Waals surface area contributed by atoms with Crippen LogP contribution in [0.5, 0.6) is 0 Å². The molecular formula is C22H34O. The Morgan fingerprint density at radius 1 is 1.17 bits per heavy atom. The molecule has 0 N–H and O–H groups in total. The monoisotopic (exact) mass is 314 g/mol. The summed E-state index contributed by atoms with van der Waals surface area (Å²) in [7, 11) is 0. The zero-order valence-electron chi connectivity index (χ0n) is 15.3. The van der Waals surface area contributed by atoms with Crippen LogP contribution >= 0.6 is 0 Å². The summed E-state index contributed by atoms with van der Waals surface area (Å²) in [6.07, 6.45) is 14.8. The molecule has 7 atom stereocenters. The van der Waals surface area contributed by atoms with Crippen molar-refractivity contribution in [2.45, 2.75) is 78.6 Å². The fourth-order valence-electron chi connectivity index (χ4n) is 7.37. The van der Waals surface area contributed by atoms with Gasteiger partial charge in [0.25, 0.3) is 0 Å². The van der Waals surface area contributed by atoms with Crippen molar-refractivity contribution in [2.75, 3.05) is 0 Å². The van der Waals surface area contributed by atoms with Gasteiger partial charge in [-0.15, -0.1) is 0 Å². The van der Waals surface area contributed by atoms with Crippen LogP contribution in [0.25, 0.3) is 0 Å². The molecule has 1 heteroatoms. The number of Topliss-reactive ketones (excluding diaryl/α,β-unsaturated/α-hetero) is 1. The van der Waals surface area contributed by atoms with Gasteiger partial charge < -0.3 is 0 Å². The number of carbonyl (C=O) groups is 1. The number of carbonyl (C=O) groups excluding carboxylic acids is 1. The third kappa shape index (κ3) is 2.36. The molecule has 128 valence electrons. The number of hydrogen-bond donors (Lipinski definition) is 0. The fourth-order valence-corrected chi connectivity index (χ4v) is 7.37. The predicted octanol–water partition coefficient (Wildman–Crippen LogP) is 5.79. The minimum Gasteiger partial charge on any atom is -0.300 e. The molecule has 3 saturated carbocycles. The van der Waals surface area contributed by atoms with Gasteiger partial charge in [0.1, 0.15) is 5.78 Å². The molecular weight excluding hydrogens is 280 g/mol. The van der Waals surface area contributed by atoms with Crippen LogP contribution < -0.4 is 0 Å². The van der Waals surface area contributed by atoms with E-state index in [1.165, 1.54) is 57.8 Å². The molecule has 0 saturated heterocycles. The van der Waals surface area contributed by atoms with Crippen molar-refractivity contribution in [3.63, 3.8) is 0 Å². The SMILES string of the molecule is CCC1CCC2C(=CCC3C2CCC2(C)C(C(C)=O)CCC32)C1. The Morgan fingerprint density at radius 3 is 2.74 bits per heavy atom. The largest absolute Gasteiger partial charge is 0.300 e. The van der Waals surface area contributed by atoms with Crippen molar-refractivity contribution in [3.05, 3.63) is 11.6 Å². The summed E-state index contributed by atoms with van der Waals surface area (Å²) in [4.78, 5) is 12.2. The van der Waals surface area contributed by atoms with Gasteiger partial charge in [-0.05, 0) is 93.3 Å². The molecule has 0 spiro atoms. The molecule has 4 aliphatic rings. The summed E-state index contributed by atoms with van der Waals surface area (Å²) in [5.41, 5.74) is 2.15. The average Bonchev–Trinajstić information content (AvgIpc) is 2.91. The lowest BCUT2D eigenvalue weighted by molar-refractivity contribution is -0.126. The minimum atomic E-state index is 0.318. The van der Waals surface area contributed by atoms with Crippen LogP contribution in [-0.4, -0.2) is 5.78 Å². The van der Waals surface area contributed by atoms with Crippen LogP contribution in [0.2, 0.25) is 0 Å². The highest BCUT2D eigenvalue weighted by Gasteiger charge is 2.56. The molecule has 0 aromatic rings. The maximum absolute atomic E-state index is 12.2. The first-order chi connectivity index (χ1) is 11.0. The first-order valence-electron chi connectivity index (χ1n) is 10.2. The van der Waals surface area contributed by atoms with E-state index in [4.69, 9.17) is 0 Å². The Balaban J connectivity index is 1.58. The molecule has 0 aromatic heterocycles. The van der Waals surface area contributed by atoms with E-state index in [2.05, 4.69) is 19.9 Å². The molecule has 0 aliphatic heterocycles. The lowest BCUT2D eigenvalue weighted by atomic mass is 9.51. The number of hydrogen-bond acceptors (Lipinski definition) is 1. The summed E-state index contributed by atoms with van der Waals surface area (Å²) < 4.78 is 0. The van der Waals surface area contributed by atoms with Gasteiger partial charge in [-0.25, -0.2) is 0 Å². The van der Waals surface area contributed by atoms with Gasteiger partial charge in [0.15, 0.2) is 0 Å². The Labute approximate surface area is 142 Å². The van der Waals surface area contributed by atoms with Crippen LogP contribution in [0.1, 0.15) is 78.6 Å². The molecule has 7 unspecified atom stereocenters. The minimum absolute atomic E-state index is 0.318. The molecule has 0 radical (unpaired) electrons. The first kappa shape index (κ1) is 15.9. The second-order valence-electron chi connectivity index (χ2n) is 9.40. The maximum Gasteiger partial charge on any atom is 0.133 e. The molecule has 1 nitrogen and oxygen atoms in total. The van der Waals surface area contributed by atoms with E-state index in [1.807, 2.05) is 12.5 Å². The van der Waals surface area contributed by atoms with E-state index in [1.54, 1.807) is 0 Å². The van der Waals surface area contributed by atoms with Gasteiger partial charge in [-0.3, -0.25) is 4.79 Å². The Kier molecular flexibility index (Phi) is 3.97. The Bertz CT molecular complexity index is 518. The van der Waals surface area contributed by atoms with E-state index in [9.17, 15) is 4.79 Å². The second kappa shape index (κ2) is 5.74. The van der Waals surface area contributed by atoms with Gasteiger partial charge in [0.2, 0.25) is 0 Å². The molecule has 0 heterocycles. The highest BCUT2D eigenvalue weighted by atomic mass is 16.1. The van der Waals surface area contributed by atoms with E-state index >= 15 is 0 Å². The van der Waals surface area contributed by atoms with Crippen molar-refractivity contribution in [2.24, 2.45) is 40.9 Å². The predicted molar refractivity (Wildman–Crippen MR) is 95.0 cm³/mol. The van der Waals surface area contributed by atoms with Gasteiger partial charge >= 0.3 is 0 Å². The highest BCUT2D eigenvalue weighted by Crippen LogP contribution is 2.63. The molecule has 4 rings (SSSR count). The standard InChI is InChI=1S/C22H34O/c1-4-15-5-7-17-16(13-15)6-8-19-18(17)11-12-22(3)20(14(2)23)9-10-21(19)22/h6,15,17-21H,4-5,7-13H2,1-3H3. The molecule has 0 amide bonds. The summed E-state index contributed by atoms with van der Waals surface area (Å²) >= 11 is 0. The number of fused-ring (bicyclic) bond motifs is 5. The van der Waals surface area contributed by atoms with E-state index in [0.717, 1.165) is 29.6 Å². The Hall–Kier alpha value is -0.590. The van der Waals surface area contributed by atoms with E-state index < -0.39 is 0 Å². The van der Waals surface area contributed by atoms with E-state index in [0.29, 0.717) is 17.1 Å². The van der Waals surface area contributed by atoms with Gasteiger partial charge in [0.05, 0.1) is 0 Å². The zero-order valence-corrected chi connectivity index (χ0v) is 15.3. The van der Waals surface area contributed by atoms with Crippen LogP contribution in [-0.2, 0) is 4.79 Å². The van der Waals surface area contributed by atoms with Gasteiger partial charge in [0, 0.05) is 5.92 Å². The van der Waals surface area contributed by atoms with Crippen molar-refractivity contribution in [3.8, 4) is 0 Å². The van der Waals surface area contributed by atoms with Crippen molar-refractivity contribution >= 4 is 5.78 Å². The molecule has 23 heavy (non-hydrogen) atoms. The van der Waals surface area contributed by atoms with Crippen LogP contribution in [0.15, 0.2) is 11.6 Å². The van der Waals surface area contributed by atoms with Crippen molar-refractivity contribution in [1.29, 1.82) is 0 Å². The van der Waals surface area contributed by atoms with Crippen molar-refractivity contribution in [1.82, 2.24) is 0 Å². The summed E-state index contributed by atoms with van der Waals surface area (Å²) in [5, 5.41) is 0. The third-order valence-electron chi connectivity index (χ3n) is 8.62. The molecule has 0 bridgehead atoms. The maximum atomic E-state index is 12.2. The van der Waals surface area contributed by atoms with Crippen LogP contribution in [0.4, 0.5) is 0 Å². The Morgan fingerprint density at radius 2 is 2.00 bits per heavy atom. The highest BCUT2D eigenvalue weighted by molar-refractivity contribution is 5.79. The molecule has 4 aliphatic carbocycles. The topological polar surface area (TPSA) is 17.1 Å². The number of allylic oxidation sites excluding steroid dienone is 2. The molecule has 0 aromatic carbocycles. The third-order valence-corrected chi connectivity index (χ3v) is 8.62. The van der Waals surface area contributed by atoms with Gasteiger partial charge in [-0.1, -0.05) is 31.9 Å². The fraction of sp³-hybridized carbons (Fsp3) is 0.864. The quantitative estimate of drug-likeness (QED) is 0.589. The van der Waals surface area contributed by atoms with Crippen LogP contribution in [0, 0.1) is 40.9 Å². The normalized spacial score (nSPS) is 48.9. The number of rotatable bonds is 2. The lowest BCUT2D eigenvalue weighted by Crippen LogP contribution is -2.46. The van der Waals surface area contributed by atoms with Crippen molar-refractivity contribution < 1.29 is 4.79 Å². The lowest BCUT2D eigenvalue weighted by Gasteiger charge is -2.53. The number of ketones is 1.